The lowest BCUT2D eigenvalue weighted by molar-refractivity contribution is -0.141. The highest BCUT2D eigenvalue weighted by molar-refractivity contribution is 7.15. The van der Waals surface area contributed by atoms with Crippen molar-refractivity contribution in [1.29, 1.82) is 0 Å². The van der Waals surface area contributed by atoms with E-state index in [0.29, 0.717) is 6.42 Å². The zero-order valence-corrected chi connectivity index (χ0v) is 11.3. The summed E-state index contributed by atoms with van der Waals surface area (Å²) in [4.78, 5) is 13.2. The first-order valence-corrected chi connectivity index (χ1v) is 6.77. The van der Waals surface area contributed by atoms with E-state index >= 15 is 0 Å². The van der Waals surface area contributed by atoms with Crippen LogP contribution in [0.15, 0.2) is 36.4 Å². The highest BCUT2D eigenvalue weighted by Gasteiger charge is 2.15. The van der Waals surface area contributed by atoms with E-state index < -0.39 is 5.97 Å². The minimum absolute atomic E-state index is 0.327. The Morgan fingerprint density at radius 3 is 2.61 bits per heavy atom. The molecule has 1 unspecified atom stereocenters. The summed E-state index contributed by atoms with van der Waals surface area (Å²) in [5, 5.41) is 8.94. The van der Waals surface area contributed by atoms with Crippen LogP contribution in [0.1, 0.15) is 17.4 Å². The number of aryl methyl sites for hydroxylation is 1. The Kier molecular flexibility index (Phi) is 3.82. The van der Waals surface area contributed by atoms with E-state index in [1.807, 2.05) is 18.2 Å². The van der Waals surface area contributed by atoms with Crippen LogP contribution in [0.3, 0.4) is 0 Å². The lowest BCUT2D eigenvalue weighted by Gasteiger charge is -2.02. The number of benzene rings is 1. The quantitative estimate of drug-likeness (QED) is 0.902. The van der Waals surface area contributed by atoms with Crippen LogP contribution in [-0.4, -0.2) is 11.1 Å². The van der Waals surface area contributed by atoms with Crippen LogP contribution >= 0.6 is 11.3 Å². The van der Waals surface area contributed by atoms with Crippen molar-refractivity contribution in [3.05, 3.63) is 46.8 Å². The molecule has 18 heavy (non-hydrogen) atoms. The van der Waals surface area contributed by atoms with Gasteiger partial charge in [-0.1, -0.05) is 37.3 Å². The SMILES string of the molecule is Cc1cc(CC(C)C(=O)O)sc1-c1ccccc1. The fraction of sp³-hybridized carbons (Fsp3) is 0.267. The Bertz CT molecular complexity index is 543. The Morgan fingerprint density at radius 1 is 1.33 bits per heavy atom. The van der Waals surface area contributed by atoms with Crippen molar-refractivity contribution in [3.63, 3.8) is 0 Å². The number of hydrogen-bond donors (Lipinski definition) is 1. The second-order valence-electron chi connectivity index (χ2n) is 4.53. The molecule has 1 aromatic carbocycles. The van der Waals surface area contributed by atoms with Gasteiger partial charge in [0.15, 0.2) is 0 Å². The summed E-state index contributed by atoms with van der Waals surface area (Å²) < 4.78 is 0. The largest absolute Gasteiger partial charge is 0.481 e. The molecule has 0 radical (unpaired) electrons. The minimum Gasteiger partial charge on any atom is -0.481 e. The van der Waals surface area contributed by atoms with Gasteiger partial charge >= 0.3 is 5.97 Å². The van der Waals surface area contributed by atoms with Crippen LogP contribution < -0.4 is 0 Å². The molecule has 94 valence electrons. The van der Waals surface area contributed by atoms with Crippen LogP contribution in [0.25, 0.3) is 10.4 Å². The van der Waals surface area contributed by atoms with E-state index in [1.165, 1.54) is 16.0 Å². The number of carbonyl (C=O) groups is 1. The van der Waals surface area contributed by atoms with Gasteiger partial charge in [0.1, 0.15) is 0 Å². The number of thiophene rings is 1. The van der Waals surface area contributed by atoms with Crippen LogP contribution in [-0.2, 0) is 11.2 Å². The summed E-state index contributed by atoms with van der Waals surface area (Å²) in [6, 6.07) is 12.3. The standard InChI is InChI=1S/C15H16O2S/c1-10-8-13(9-11(2)15(16)17)18-14(10)12-6-4-3-5-7-12/h3-8,11H,9H2,1-2H3,(H,16,17). The molecule has 1 heterocycles. The molecule has 2 aromatic rings. The summed E-state index contributed by atoms with van der Waals surface area (Å²) in [6.07, 6.45) is 0.605. The molecule has 0 aliphatic carbocycles. The average Bonchev–Trinajstić information content (AvgIpc) is 2.71. The molecule has 2 nitrogen and oxygen atoms in total. The van der Waals surface area contributed by atoms with E-state index in [-0.39, 0.29) is 5.92 Å². The lowest BCUT2D eigenvalue weighted by atomic mass is 10.1. The molecule has 1 N–H and O–H groups in total. The molecule has 3 heteroatoms. The van der Waals surface area contributed by atoms with Crippen LogP contribution in [0.5, 0.6) is 0 Å². The monoisotopic (exact) mass is 260 g/mol. The number of aliphatic carboxylic acids is 1. The Morgan fingerprint density at radius 2 is 2.00 bits per heavy atom. The van der Waals surface area contributed by atoms with Crippen LogP contribution in [0.2, 0.25) is 0 Å². The number of carboxylic acid groups (broad SMARTS) is 1. The third-order valence-corrected chi connectivity index (χ3v) is 4.24. The van der Waals surface area contributed by atoms with Crippen molar-refractivity contribution in [3.8, 4) is 10.4 Å². The lowest BCUT2D eigenvalue weighted by Crippen LogP contribution is -2.11. The van der Waals surface area contributed by atoms with Gasteiger partial charge in [0.25, 0.3) is 0 Å². The summed E-state index contributed by atoms with van der Waals surface area (Å²) in [5.41, 5.74) is 2.42. The maximum absolute atomic E-state index is 10.9. The molecule has 0 saturated carbocycles. The summed E-state index contributed by atoms with van der Waals surface area (Å²) in [5.74, 6) is -1.06. The molecular weight excluding hydrogens is 244 g/mol. The first kappa shape index (κ1) is 12.8. The topological polar surface area (TPSA) is 37.3 Å². The van der Waals surface area contributed by atoms with E-state index in [2.05, 4.69) is 25.1 Å². The third kappa shape index (κ3) is 2.79. The first-order valence-electron chi connectivity index (χ1n) is 5.95. The molecule has 0 saturated heterocycles. The normalized spacial score (nSPS) is 12.3. The van der Waals surface area contributed by atoms with Gasteiger partial charge in [-0.15, -0.1) is 11.3 Å². The van der Waals surface area contributed by atoms with Crippen molar-refractivity contribution in [1.82, 2.24) is 0 Å². The molecule has 2 rings (SSSR count). The van der Waals surface area contributed by atoms with Crippen molar-refractivity contribution >= 4 is 17.3 Å². The van der Waals surface area contributed by atoms with Crippen molar-refractivity contribution in [2.75, 3.05) is 0 Å². The molecule has 0 aliphatic rings. The molecule has 0 bridgehead atoms. The predicted molar refractivity (Wildman–Crippen MR) is 75.0 cm³/mol. The molecule has 1 atom stereocenters. The first-order chi connectivity index (χ1) is 8.58. The van der Waals surface area contributed by atoms with Gasteiger partial charge in [-0.2, -0.15) is 0 Å². The third-order valence-electron chi connectivity index (χ3n) is 2.93. The minimum atomic E-state index is -0.734. The summed E-state index contributed by atoms with van der Waals surface area (Å²) in [6.45, 7) is 3.83. The van der Waals surface area contributed by atoms with Gasteiger partial charge < -0.3 is 5.11 Å². The molecular formula is C15H16O2S. The molecule has 0 amide bonds. The van der Waals surface area contributed by atoms with Gasteiger partial charge in [0, 0.05) is 9.75 Å². The molecule has 0 aliphatic heterocycles. The second-order valence-corrected chi connectivity index (χ2v) is 5.67. The molecule has 0 spiro atoms. The predicted octanol–water partition coefficient (Wildman–Crippen LogP) is 3.99. The van der Waals surface area contributed by atoms with Crippen molar-refractivity contribution in [2.45, 2.75) is 20.3 Å². The Hall–Kier alpha value is -1.61. The van der Waals surface area contributed by atoms with Crippen LogP contribution in [0.4, 0.5) is 0 Å². The van der Waals surface area contributed by atoms with Crippen LogP contribution in [0, 0.1) is 12.8 Å². The van der Waals surface area contributed by atoms with E-state index in [9.17, 15) is 4.79 Å². The molecule has 1 aromatic heterocycles. The highest BCUT2D eigenvalue weighted by Crippen LogP contribution is 2.33. The Labute approximate surface area is 111 Å². The highest BCUT2D eigenvalue weighted by atomic mass is 32.1. The zero-order valence-electron chi connectivity index (χ0n) is 10.5. The fourth-order valence-electron chi connectivity index (χ4n) is 1.91. The van der Waals surface area contributed by atoms with Gasteiger partial charge in [0.2, 0.25) is 0 Å². The van der Waals surface area contributed by atoms with Gasteiger partial charge in [-0.05, 0) is 30.5 Å². The van der Waals surface area contributed by atoms with E-state index in [1.54, 1.807) is 18.3 Å². The number of hydrogen-bond acceptors (Lipinski definition) is 2. The van der Waals surface area contributed by atoms with E-state index in [4.69, 9.17) is 5.11 Å². The number of carboxylic acids is 1. The fourth-order valence-corrected chi connectivity index (χ4v) is 3.22. The maximum Gasteiger partial charge on any atom is 0.306 e. The summed E-state index contributed by atoms with van der Waals surface area (Å²) in [7, 11) is 0. The average molecular weight is 260 g/mol. The zero-order chi connectivity index (χ0) is 13.1. The second kappa shape index (κ2) is 5.36. The number of rotatable bonds is 4. The van der Waals surface area contributed by atoms with Gasteiger partial charge in [-0.3, -0.25) is 4.79 Å². The maximum atomic E-state index is 10.9. The van der Waals surface area contributed by atoms with Gasteiger partial charge in [0.05, 0.1) is 5.92 Å². The summed E-state index contributed by atoms with van der Waals surface area (Å²) >= 11 is 1.69. The van der Waals surface area contributed by atoms with Crippen molar-refractivity contribution < 1.29 is 9.90 Å². The van der Waals surface area contributed by atoms with Gasteiger partial charge in [-0.25, -0.2) is 0 Å². The Balaban J connectivity index is 2.25. The van der Waals surface area contributed by atoms with Crippen molar-refractivity contribution in [2.24, 2.45) is 5.92 Å². The smallest absolute Gasteiger partial charge is 0.306 e. The molecule has 0 fully saturated rings. The van der Waals surface area contributed by atoms with E-state index in [0.717, 1.165) is 4.88 Å².